The second-order valence-corrected chi connectivity index (χ2v) is 7.56. The largest absolute Gasteiger partial charge is 0.416 e. The van der Waals surface area contributed by atoms with Crippen LogP contribution in [0.2, 0.25) is 0 Å². The van der Waals surface area contributed by atoms with E-state index in [2.05, 4.69) is 12.2 Å². The average molecular weight is 382 g/mol. The van der Waals surface area contributed by atoms with Gasteiger partial charge in [0.15, 0.2) is 0 Å². The summed E-state index contributed by atoms with van der Waals surface area (Å²) in [5.41, 5.74) is 5.58. The van der Waals surface area contributed by atoms with Gasteiger partial charge in [-0.1, -0.05) is 13.0 Å². The number of hydrogen-bond acceptors (Lipinski definition) is 3. The van der Waals surface area contributed by atoms with Gasteiger partial charge < -0.3 is 11.1 Å². The van der Waals surface area contributed by atoms with Crippen LogP contribution in [0.3, 0.4) is 0 Å². The zero-order valence-corrected chi connectivity index (χ0v) is 14.8. The summed E-state index contributed by atoms with van der Waals surface area (Å²) in [7, 11) is 0. The highest BCUT2D eigenvalue weighted by atomic mass is 32.1. The fourth-order valence-corrected chi connectivity index (χ4v) is 4.36. The smallest absolute Gasteiger partial charge is 0.365 e. The third kappa shape index (κ3) is 3.60. The van der Waals surface area contributed by atoms with Crippen LogP contribution in [0.4, 0.5) is 18.2 Å². The Morgan fingerprint density at radius 2 is 2.04 bits per heavy atom. The quantitative estimate of drug-likeness (QED) is 0.833. The molecule has 1 aliphatic rings. The molecule has 0 bridgehead atoms. The van der Waals surface area contributed by atoms with E-state index in [-0.39, 0.29) is 11.1 Å². The Morgan fingerprint density at radius 3 is 2.69 bits per heavy atom. The number of rotatable bonds is 3. The molecule has 2 amide bonds. The number of alkyl halides is 3. The molecule has 0 saturated heterocycles. The van der Waals surface area contributed by atoms with Gasteiger partial charge in [0, 0.05) is 10.4 Å². The molecular formula is C18H17F3N2O2S. The van der Waals surface area contributed by atoms with Gasteiger partial charge in [-0.25, -0.2) is 0 Å². The van der Waals surface area contributed by atoms with E-state index < -0.39 is 23.6 Å². The number of carbonyl (C=O) groups is 2. The van der Waals surface area contributed by atoms with Crippen molar-refractivity contribution in [2.45, 2.75) is 32.4 Å². The van der Waals surface area contributed by atoms with Crippen LogP contribution >= 0.6 is 11.3 Å². The first-order chi connectivity index (χ1) is 12.2. The molecule has 3 rings (SSSR count). The number of aryl methyl sites for hydroxylation is 1. The highest BCUT2D eigenvalue weighted by molar-refractivity contribution is 7.17. The lowest BCUT2D eigenvalue weighted by molar-refractivity contribution is -0.137. The van der Waals surface area contributed by atoms with Gasteiger partial charge in [0.25, 0.3) is 11.8 Å². The zero-order valence-electron chi connectivity index (χ0n) is 13.9. The predicted octanol–water partition coefficient (Wildman–Crippen LogP) is 4.24. The fraction of sp³-hybridized carbons (Fsp3) is 0.333. The van der Waals surface area contributed by atoms with Crippen LogP contribution in [0.25, 0.3) is 0 Å². The molecule has 3 N–H and O–H groups in total. The molecular weight excluding hydrogens is 365 g/mol. The van der Waals surface area contributed by atoms with Gasteiger partial charge in [0.05, 0.1) is 11.1 Å². The van der Waals surface area contributed by atoms with E-state index >= 15 is 0 Å². The van der Waals surface area contributed by atoms with E-state index in [0.717, 1.165) is 35.4 Å². The van der Waals surface area contributed by atoms with Crippen LogP contribution in [-0.4, -0.2) is 11.8 Å². The number of amides is 2. The molecule has 1 aromatic carbocycles. The number of halogens is 3. The molecule has 1 atom stereocenters. The summed E-state index contributed by atoms with van der Waals surface area (Å²) in [5.74, 6) is -0.941. The van der Waals surface area contributed by atoms with Crippen molar-refractivity contribution < 1.29 is 22.8 Å². The third-order valence-electron chi connectivity index (χ3n) is 4.43. The summed E-state index contributed by atoms with van der Waals surface area (Å²) >= 11 is 1.27. The van der Waals surface area contributed by atoms with Crippen LogP contribution in [0.15, 0.2) is 24.3 Å². The van der Waals surface area contributed by atoms with Crippen molar-refractivity contribution in [3.8, 4) is 0 Å². The molecule has 0 aliphatic heterocycles. The molecule has 1 aliphatic carbocycles. The molecule has 2 aromatic rings. The Labute approximate surface area is 152 Å². The van der Waals surface area contributed by atoms with E-state index in [9.17, 15) is 22.8 Å². The number of nitrogens with one attached hydrogen (secondary N) is 1. The lowest BCUT2D eigenvalue weighted by Gasteiger charge is -2.18. The van der Waals surface area contributed by atoms with Crippen molar-refractivity contribution in [2.75, 3.05) is 5.32 Å². The molecule has 1 heterocycles. The first-order valence-corrected chi connectivity index (χ1v) is 8.91. The Hall–Kier alpha value is -2.35. The first kappa shape index (κ1) is 18.4. The Bertz CT molecular complexity index is 874. The van der Waals surface area contributed by atoms with Gasteiger partial charge in [-0.05, 0) is 48.9 Å². The van der Waals surface area contributed by atoms with Crippen molar-refractivity contribution in [1.82, 2.24) is 0 Å². The maximum atomic E-state index is 12.8. The number of carbonyl (C=O) groups excluding carboxylic acids is 2. The number of thiophene rings is 1. The van der Waals surface area contributed by atoms with E-state index in [1.54, 1.807) is 0 Å². The highest BCUT2D eigenvalue weighted by Gasteiger charge is 2.31. The third-order valence-corrected chi connectivity index (χ3v) is 5.64. The molecule has 1 aromatic heterocycles. The maximum Gasteiger partial charge on any atom is 0.416 e. The second-order valence-electron chi connectivity index (χ2n) is 6.45. The number of primary amides is 1. The van der Waals surface area contributed by atoms with E-state index in [0.29, 0.717) is 17.3 Å². The monoisotopic (exact) mass is 382 g/mol. The van der Waals surface area contributed by atoms with E-state index in [1.165, 1.54) is 23.5 Å². The maximum absolute atomic E-state index is 12.8. The number of benzene rings is 1. The highest BCUT2D eigenvalue weighted by Crippen LogP contribution is 2.39. The minimum Gasteiger partial charge on any atom is -0.365 e. The van der Waals surface area contributed by atoms with Gasteiger partial charge in [-0.2, -0.15) is 13.2 Å². The number of fused-ring (bicyclic) bond motifs is 1. The fourth-order valence-electron chi connectivity index (χ4n) is 3.12. The first-order valence-electron chi connectivity index (χ1n) is 8.09. The zero-order chi connectivity index (χ0) is 19.1. The van der Waals surface area contributed by atoms with Crippen LogP contribution < -0.4 is 11.1 Å². The Balaban J connectivity index is 1.92. The van der Waals surface area contributed by atoms with Crippen molar-refractivity contribution >= 4 is 28.2 Å². The van der Waals surface area contributed by atoms with Crippen LogP contribution in [0, 0.1) is 5.92 Å². The van der Waals surface area contributed by atoms with Gasteiger partial charge in [-0.3, -0.25) is 9.59 Å². The van der Waals surface area contributed by atoms with Crippen molar-refractivity contribution in [3.05, 3.63) is 51.4 Å². The summed E-state index contributed by atoms with van der Waals surface area (Å²) in [4.78, 5) is 25.3. The summed E-state index contributed by atoms with van der Waals surface area (Å²) in [6.07, 6.45) is -2.07. The Morgan fingerprint density at radius 1 is 1.31 bits per heavy atom. The predicted molar refractivity (Wildman–Crippen MR) is 93.4 cm³/mol. The number of hydrogen-bond donors (Lipinski definition) is 2. The molecule has 4 nitrogen and oxygen atoms in total. The van der Waals surface area contributed by atoms with Crippen molar-refractivity contribution in [2.24, 2.45) is 11.7 Å². The minimum atomic E-state index is -4.53. The molecule has 0 radical (unpaired) electrons. The van der Waals surface area contributed by atoms with Gasteiger partial charge >= 0.3 is 6.18 Å². The normalized spacial score (nSPS) is 16.8. The van der Waals surface area contributed by atoms with Crippen molar-refractivity contribution in [1.29, 1.82) is 0 Å². The van der Waals surface area contributed by atoms with Crippen molar-refractivity contribution in [3.63, 3.8) is 0 Å². The van der Waals surface area contributed by atoms with E-state index in [4.69, 9.17) is 5.73 Å². The lowest BCUT2D eigenvalue weighted by Crippen LogP contribution is -2.20. The minimum absolute atomic E-state index is 0.130. The van der Waals surface area contributed by atoms with Gasteiger partial charge in [0.1, 0.15) is 5.00 Å². The summed E-state index contributed by atoms with van der Waals surface area (Å²) in [6, 6.07) is 4.16. The molecule has 8 heteroatoms. The van der Waals surface area contributed by atoms with Crippen LogP contribution in [0.1, 0.15) is 50.1 Å². The number of anilines is 1. The van der Waals surface area contributed by atoms with Gasteiger partial charge in [0.2, 0.25) is 0 Å². The Kier molecular flexibility index (Phi) is 4.79. The van der Waals surface area contributed by atoms with E-state index in [1.807, 2.05) is 0 Å². The summed E-state index contributed by atoms with van der Waals surface area (Å²) in [5, 5.41) is 2.87. The SMILES string of the molecule is C[C@H]1CCc2sc(NC(=O)c3cccc(C(F)(F)F)c3)c(C(N)=O)c2C1. The molecule has 0 spiro atoms. The van der Waals surface area contributed by atoms with Crippen LogP contribution in [-0.2, 0) is 19.0 Å². The summed E-state index contributed by atoms with van der Waals surface area (Å²) in [6.45, 7) is 2.08. The number of nitrogens with two attached hydrogens (primary N) is 1. The van der Waals surface area contributed by atoms with Gasteiger partial charge in [-0.15, -0.1) is 11.3 Å². The standard InChI is InChI=1S/C18H17F3N2O2S/c1-9-5-6-13-12(7-9)14(15(22)24)17(26-13)23-16(25)10-3-2-4-11(8-10)18(19,20)21/h2-4,8-9H,5-7H2,1H3,(H2,22,24)(H,23,25)/t9-/m0/s1. The molecule has 138 valence electrons. The lowest BCUT2D eigenvalue weighted by atomic mass is 9.87. The molecule has 0 unspecified atom stereocenters. The molecule has 26 heavy (non-hydrogen) atoms. The molecule has 0 saturated carbocycles. The summed E-state index contributed by atoms with van der Waals surface area (Å²) < 4.78 is 38.5. The van der Waals surface area contributed by atoms with Crippen LogP contribution in [0.5, 0.6) is 0 Å². The average Bonchev–Trinajstić information content (AvgIpc) is 2.91. The topological polar surface area (TPSA) is 72.2 Å². The molecule has 0 fully saturated rings. The second kappa shape index (κ2) is 6.75.